The minimum absolute atomic E-state index is 0.0737. The number of nitrogens with two attached hydrogens (primary N) is 1. The zero-order valence-electron chi connectivity index (χ0n) is 11.7. The minimum Gasteiger partial charge on any atom is -0.428 e. The lowest BCUT2D eigenvalue weighted by molar-refractivity contribution is 0.470. The maximum absolute atomic E-state index is 5.97. The molecule has 0 atom stereocenters. The van der Waals surface area contributed by atoms with Crippen LogP contribution in [0, 0.1) is 0 Å². The molecule has 0 amide bonds. The Morgan fingerprint density at radius 2 is 2.05 bits per heavy atom. The standard InChI is InChI=1S/C14H19N3OS/c1-5-9-6-7-11(10(15)8-9)18-13-16-12(17-19-13)14(2,3)4/h6-8H,5,15H2,1-4H3. The van der Waals surface area contributed by atoms with E-state index in [1.165, 1.54) is 17.1 Å². The van der Waals surface area contributed by atoms with Crippen LogP contribution in [0.1, 0.15) is 39.1 Å². The van der Waals surface area contributed by atoms with Crippen LogP contribution >= 0.6 is 11.5 Å². The molecule has 5 heteroatoms. The van der Waals surface area contributed by atoms with Gasteiger partial charge < -0.3 is 10.5 Å². The lowest BCUT2D eigenvalue weighted by Gasteiger charge is -2.12. The molecule has 0 saturated carbocycles. The predicted octanol–water partition coefficient (Wildman–Crippen LogP) is 3.77. The third-order valence-corrected chi connectivity index (χ3v) is 3.35. The van der Waals surface area contributed by atoms with Crippen LogP contribution in [0.4, 0.5) is 5.69 Å². The van der Waals surface area contributed by atoms with Crippen LogP contribution in [-0.2, 0) is 11.8 Å². The number of rotatable bonds is 3. The van der Waals surface area contributed by atoms with E-state index in [1.54, 1.807) is 0 Å². The second kappa shape index (κ2) is 5.17. The summed E-state index contributed by atoms with van der Waals surface area (Å²) in [5.41, 5.74) is 7.72. The number of hydrogen-bond donors (Lipinski definition) is 1. The van der Waals surface area contributed by atoms with Gasteiger partial charge >= 0.3 is 0 Å². The van der Waals surface area contributed by atoms with Gasteiger partial charge in [-0.1, -0.05) is 33.8 Å². The van der Waals surface area contributed by atoms with Crippen molar-refractivity contribution in [3.05, 3.63) is 29.6 Å². The molecule has 0 bridgehead atoms. The van der Waals surface area contributed by atoms with Crippen LogP contribution in [0.15, 0.2) is 18.2 Å². The van der Waals surface area contributed by atoms with Gasteiger partial charge in [-0.25, -0.2) is 0 Å². The highest BCUT2D eigenvalue weighted by Gasteiger charge is 2.20. The molecule has 2 aromatic rings. The lowest BCUT2D eigenvalue weighted by atomic mass is 9.96. The molecular formula is C14H19N3OS. The van der Waals surface area contributed by atoms with Crippen molar-refractivity contribution in [2.75, 3.05) is 5.73 Å². The highest BCUT2D eigenvalue weighted by molar-refractivity contribution is 7.07. The van der Waals surface area contributed by atoms with Crippen molar-refractivity contribution in [3.8, 4) is 10.9 Å². The highest BCUT2D eigenvalue weighted by Crippen LogP contribution is 2.31. The SMILES string of the molecule is CCc1ccc(Oc2nc(C(C)(C)C)ns2)c(N)c1. The Morgan fingerprint density at radius 1 is 1.32 bits per heavy atom. The van der Waals surface area contributed by atoms with Crippen LogP contribution in [-0.4, -0.2) is 9.36 Å². The first-order valence-corrected chi connectivity index (χ1v) is 7.08. The van der Waals surface area contributed by atoms with Crippen molar-refractivity contribution >= 4 is 17.2 Å². The lowest BCUT2D eigenvalue weighted by Crippen LogP contribution is -2.12. The van der Waals surface area contributed by atoms with Gasteiger partial charge in [0.2, 0.25) is 0 Å². The molecule has 0 spiro atoms. The Kier molecular flexibility index (Phi) is 3.75. The molecule has 1 aromatic carbocycles. The van der Waals surface area contributed by atoms with Gasteiger partial charge in [0, 0.05) is 16.9 Å². The summed E-state index contributed by atoms with van der Waals surface area (Å²) in [7, 11) is 0. The second-order valence-electron chi connectivity index (χ2n) is 5.46. The zero-order chi connectivity index (χ0) is 14.0. The van der Waals surface area contributed by atoms with Crippen LogP contribution < -0.4 is 10.5 Å². The summed E-state index contributed by atoms with van der Waals surface area (Å²) in [6.07, 6.45) is 0.956. The fourth-order valence-electron chi connectivity index (χ4n) is 1.56. The molecule has 0 aliphatic carbocycles. The van der Waals surface area contributed by atoms with E-state index in [-0.39, 0.29) is 5.41 Å². The van der Waals surface area contributed by atoms with Crippen molar-refractivity contribution in [3.63, 3.8) is 0 Å². The third-order valence-electron chi connectivity index (χ3n) is 2.76. The average molecular weight is 277 g/mol. The molecule has 1 aromatic heterocycles. The summed E-state index contributed by atoms with van der Waals surface area (Å²) in [5, 5.41) is 0.529. The van der Waals surface area contributed by atoms with Crippen LogP contribution in [0.5, 0.6) is 10.9 Å². The minimum atomic E-state index is -0.0737. The van der Waals surface area contributed by atoms with Crippen LogP contribution in [0.25, 0.3) is 0 Å². The van der Waals surface area contributed by atoms with Gasteiger partial charge in [-0.05, 0) is 24.1 Å². The largest absolute Gasteiger partial charge is 0.428 e. The van der Waals surface area contributed by atoms with Gasteiger partial charge in [-0.2, -0.15) is 9.36 Å². The molecule has 0 radical (unpaired) electrons. The molecule has 102 valence electrons. The van der Waals surface area contributed by atoms with Gasteiger partial charge in [0.1, 0.15) is 0 Å². The fraction of sp³-hybridized carbons (Fsp3) is 0.429. The Labute approximate surface area is 117 Å². The number of nitrogens with zero attached hydrogens (tertiary/aromatic N) is 2. The molecule has 4 nitrogen and oxygen atoms in total. The summed E-state index contributed by atoms with van der Waals surface area (Å²) in [4.78, 5) is 4.39. The fourth-order valence-corrected chi connectivity index (χ4v) is 2.29. The summed E-state index contributed by atoms with van der Waals surface area (Å²) >= 11 is 1.25. The highest BCUT2D eigenvalue weighted by atomic mass is 32.1. The molecule has 2 rings (SSSR count). The second-order valence-corrected chi connectivity index (χ2v) is 6.18. The molecule has 19 heavy (non-hydrogen) atoms. The van der Waals surface area contributed by atoms with E-state index >= 15 is 0 Å². The number of anilines is 1. The molecule has 0 aliphatic heterocycles. The maximum Gasteiger partial charge on any atom is 0.298 e. The molecule has 0 aliphatic rings. The first kappa shape index (κ1) is 13.8. The number of nitrogen functional groups attached to an aromatic ring is 1. The van der Waals surface area contributed by atoms with E-state index in [0.717, 1.165) is 12.2 Å². The topological polar surface area (TPSA) is 61.0 Å². The van der Waals surface area contributed by atoms with Crippen LogP contribution in [0.3, 0.4) is 0 Å². The Hall–Kier alpha value is -1.62. The predicted molar refractivity (Wildman–Crippen MR) is 78.9 cm³/mol. The monoisotopic (exact) mass is 277 g/mol. The van der Waals surface area contributed by atoms with Crippen molar-refractivity contribution < 1.29 is 4.74 Å². The maximum atomic E-state index is 5.97. The van der Waals surface area contributed by atoms with Crippen molar-refractivity contribution in [2.24, 2.45) is 0 Å². The van der Waals surface area contributed by atoms with Gasteiger partial charge in [-0.3, -0.25) is 0 Å². The number of benzene rings is 1. The molecule has 1 heterocycles. The number of hydrogen-bond acceptors (Lipinski definition) is 5. The van der Waals surface area contributed by atoms with Gasteiger partial charge in [0.05, 0.1) is 5.69 Å². The van der Waals surface area contributed by atoms with Crippen molar-refractivity contribution in [1.82, 2.24) is 9.36 Å². The number of aromatic nitrogens is 2. The van der Waals surface area contributed by atoms with Gasteiger partial charge in [0.25, 0.3) is 5.19 Å². The molecular weight excluding hydrogens is 258 g/mol. The van der Waals surface area contributed by atoms with E-state index in [0.29, 0.717) is 16.6 Å². The smallest absolute Gasteiger partial charge is 0.298 e. The summed E-state index contributed by atoms with van der Waals surface area (Å²) in [6, 6.07) is 5.82. The normalized spacial score (nSPS) is 11.6. The Balaban J connectivity index is 2.20. The molecule has 0 unspecified atom stereocenters. The van der Waals surface area contributed by atoms with E-state index in [2.05, 4.69) is 37.1 Å². The summed E-state index contributed by atoms with van der Waals surface area (Å²) < 4.78 is 10.0. The Morgan fingerprint density at radius 3 is 2.58 bits per heavy atom. The summed E-state index contributed by atoms with van der Waals surface area (Å²) in [5.74, 6) is 1.42. The first-order valence-electron chi connectivity index (χ1n) is 6.30. The number of ether oxygens (including phenoxy) is 1. The Bertz CT molecular complexity index is 572. The third kappa shape index (κ3) is 3.23. The molecule has 0 fully saturated rings. The van der Waals surface area contributed by atoms with Gasteiger partial charge in [0.15, 0.2) is 11.6 Å². The average Bonchev–Trinajstić information content (AvgIpc) is 2.80. The van der Waals surface area contributed by atoms with Crippen molar-refractivity contribution in [2.45, 2.75) is 39.5 Å². The summed E-state index contributed by atoms with van der Waals surface area (Å²) in [6.45, 7) is 8.31. The van der Waals surface area contributed by atoms with E-state index in [4.69, 9.17) is 10.5 Å². The van der Waals surface area contributed by atoms with E-state index < -0.39 is 0 Å². The molecule has 0 saturated heterocycles. The first-order chi connectivity index (χ1) is 8.90. The van der Waals surface area contributed by atoms with E-state index in [9.17, 15) is 0 Å². The molecule has 2 N–H and O–H groups in total. The van der Waals surface area contributed by atoms with Gasteiger partial charge in [-0.15, -0.1) is 0 Å². The zero-order valence-corrected chi connectivity index (χ0v) is 12.5. The number of aryl methyl sites for hydroxylation is 1. The van der Waals surface area contributed by atoms with Crippen molar-refractivity contribution in [1.29, 1.82) is 0 Å². The quantitative estimate of drug-likeness (QED) is 0.867. The van der Waals surface area contributed by atoms with E-state index in [1.807, 2.05) is 18.2 Å². The van der Waals surface area contributed by atoms with Crippen LogP contribution in [0.2, 0.25) is 0 Å².